The Bertz CT molecular complexity index is 483. The molecule has 2 N–H and O–H groups in total. The Hall–Kier alpha value is -1.40. The van der Waals surface area contributed by atoms with Gasteiger partial charge in [0.1, 0.15) is 5.82 Å². The Morgan fingerprint density at radius 1 is 1.41 bits per heavy atom. The van der Waals surface area contributed by atoms with Crippen LogP contribution in [0.4, 0.5) is 8.78 Å². The Kier molecular flexibility index (Phi) is 8.12. The first-order chi connectivity index (χ1) is 10.1. The van der Waals surface area contributed by atoms with Crippen LogP contribution in [0.2, 0.25) is 0 Å². The zero-order valence-corrected chi connectivity index (χ0v) is 13.1. The highest BCUT2D eigenvalue weighted by molar-refractivity contribution is 5.85. The lowest BCUT2D eigenvalue weighted by atomic mass is 9.96. The van der Waals surface area contributed by atoms with Crippen LogP contribution in [0.3, 0.4) is 0 Å². The van der Waals surface area contributed by atoms with E-state index in [9.17, 15) is 13.6 Å². The summed E-state index contributed by atoms with van der Waals surface area (Å²) in [6, 6.07) is 2.99. The molecule has 1 aliphatic heterocycles. The summed E-state index contributed by atoms with van der Waals surface area (Å²) in [4.78, 5) is 11.6. The van der Waals surface area contributed by atoms with Gasteiger partial charge < -0.3 is 15.4 Å². The minimum atomic E-state index is -0.809. The smallest absolute Gasteiger partial charge is 0.257 e. The van der Waals surface area contributed by atoms with Gasteiger partial charge in [-0.15, -0.1) is 12.4 Å². The van der Waals surface area contributed by atoms with Gasteiger partial charge in [-0.05, 0) is 50.4 Å². The number of piperidine rings is 1. The highest BCUT2D eigenvalue weighted by atomic mass is 35.5. The summed E-state index contributed by atoms with van der Waals surface area (Å²) in [6.07, 6.45) is 3.27. The lowest BCUT2D eigenvalue weighted by Gasteiger charge is -2.22. The van der Waals surface area contributed by atoms with Gasteiger partial charge in [0, 0.05) is 12.6 Å². The van der Waals surface area contributed by atoms with Crippen LogP contribution in [0.15, 0.2) is 18.2 Å². The molecule has 1 heterocycles. The van der Waals surface area contributed by atoms with Crippen molar-refractivity contribution in [2.75, 3.05) is 26.2 Å². The summed E-state index contributed by atoms with van der Waals surface area (Å²) in [5.74, 6) is -1.32. The van der Waals surface area contributed by atoms with E-state index in [1.54, 1.807) is 0 Å². The molecule has 1 aromatic rings. The number of benzene rings is 1. The van der Waals surface area contributed by atoms with E-state index in [-0.39, 0.29) is 30.7 Å². The van der Waals surface area contributed by atoms with Gasteiger partial charge >= 0.3 is 0 Å². The predicted molar refractivity (Wildman–Crippen MR) is 82.3 cm³/mol. The van der Waals surface area contributed by atoms with Crippen molar-refractivity contribution in [1.82, 2.24) is 10.6 Å². The largest absolute Gasteiger partial charge is 0.481 e. The zero-order chi connectivity index (χ0) is 15.1. The summed E-state index contributed by atoms with van der Waals surface area (Å²) >= 11 is 0. The molecule has 1 unspecified atom stereocenters. The van der Waals surface area contributed by atoms with E-state index < -0.39 is 11.6 Å². The van der Waals surface area contributed by atoms with Crippen LogP contribution in [0, 0.1) is 17.6 Å². The van der Waals surface area contributed by atoms with Crippen molar-refractivity contribution in [2.24, 2.45) is 5.92 Å². The number of ether oxygens (including phenoxy) is 1. The summed E-state index contributed by atoms with van der Waals surface area (Å²) in [5, 5.41) is 6.06. The van der Waals surface area contributed by atoms with E-state index in [4.69, 9.17) is 4.74 Å². The molecule has 0 spiro atoms. The van der Waals surface area contributed by atoms with Gasteiger partial charge in [0.05, 0.1) is 0 Å². The second-order valence-corrected chi connectivity index (χ2v) is 5.21. The van der Waals surface area contributed by atoms with Gasteiger partial charge in [-0.2, -0.15) is 0 Å². The summed E-state index contributed by atoms with van der Waals surface area (Å²) in [6.45, 7) is 2.37. The van der Waals surface area contributed by atoms with E-state index in [1.807, 2.05) is 0 Å². The van der Waals surface area contributed by atoms with E-state index in [1.165, 1.54) is 18.9 Å². The molecule has 7 heteroatoms. The van der Waals surface area contributed by atoms with E-state index in [0.717, 1.165) is 31.6 Å². The number of hydrogen-bond donors (Lipinski definition) is 2. The Morgan fingerprint density at radius 2 is 2.23 bits per heavy atom. The Morgan fingerprint density at radius 3 is 2.91 bits per heavy atom. The van der Waals surface area contributed by atoms with Gasteiger partial charge in [0.2, 0.25) is 0 Å². The topological polar surface area (TPSA) is 50.4 Å². The molecule has 0 radical (unpaired) electrons. The number of carbonyl (C=O) groups is 1. The van der Waals surface area contributed by atoms with Crippen LogP contribution in [0.25, 0.3) is 0 Å². The monoisotopic (exact) mass is 334 g/mol. The predicted octanol–water partition coefficient (Wildman–Crippen LogP) is 2.27. The number of halogens is 3. The van der Waals surface area contributed by atoms with Crippen molar-refractivity contribution >= 4 is 18.3 Å². The summed E-state index contributed by atoms with van der Waals surface area (Å²) in [7, 11) is 0. The first kappa shape index (κ1) is 18.6. The van der Waals surface area contributed by atoms with Crippen LogP contribution in [0.1, 0.15) is 19.3 Å². The molecule has 1 atom stereocenters. The molecular weight excluding hydrogens is 314 g/mol. The van der Waals surface area contributed by atoms with Crippen molar-refractivity contribution in [3.63, 3.8) is 0 Å². The van der Waals surface area contributed by atoms with Crippen LogP contribution >= 0.6 is 12.4 Å². The number of nitrogens with one attached hydrogen (secondary N) is 2. The molecule has 4 nitrogen and oxygen atoms in total. The van der Waals surface area contributed by atoms with Gasteiger partial charge in [-0.1, -0.05) is 0 Å². The van der Waals surface area contributed by atoms with Crippen molar-refractivity contribution in [3.05, 3.63) is 29.8 Å². The van der Waals surface area contributed by atoms with Crippen LogP contribution < -0.4 is 15.4 Å². The molecule has 2 rings (SSSR count). The SMILES string of the molecule is Cl.O=C(COc1ccc(F)cc1F)NCCC1CCCNC1. The lowest BCUT2D eigenvalue weighted by Crippen LogP contribution is -2.34. The van der Waals surface area contributed by atoms with Crippen molar-refractivity contribution in [3.8, 4) is 5.75 Å². The van der Waals surface area contributed by atoms with Gasteiger partial charge in [-0.3, -0.25) is 4.79 Å². The average molecular weight is 335 g/mol. The fourth-order valence-electron chi connectivity index (χ4n) is 2.37. The van der Waals surface area contributed by atoms with Gasteiger partial charge in [-0.25, -0.2) is 8.78 Å². The van der Waals surface area contributed by atoms with Crippen molar-refractivity contribution in [2.45, 2.75) is 19.3 Å². The Labute approximate surface area is 135 Å². The summed E-state index contributed by atoms with van der Waals surface area (Å²) < 4.78 is 31.0. The van der Waals surface area contributed by atoms with Crippen molar-refractivity contribution in [1.29, 1.82) is 0 Å². The Balaban J connectivity index is 0.00000242. The number of amides is 1. The third-order valence-electron chi connectivity index (χ3n) is 3.53. The second-order valence-electron chi connectivity index (χ2n) is 5.21. The maximum atomic E-state index is 13.3. The maximum absolute atomic E-state index is 13.3. The molecule has 0 aliphatic carbocycles. The minimum absolute atomic E-state index is 0. The van der Waals surface area contributed by atoms with E-state index >= 15 is 0 Å². The fourth-order valence-corrected chi connectivity index (χ4v) is 2.37. The quantitative estimate of drug-likeness (QED) is 0.839. The first-order valence-corrected chi connectivity index (χ1v) is 7.20. The van der Waals surface area contributed by atoms with Crippen molar-refractivity contribution < 1.29 is 18.3 Å². The number of carbonyl (C=O) groups excluding carboxylic acids is 1. The molecule has 1 saturated heterocycles. The first-order valence-electron chi connectivity index (χ1n) is 7.20. The molecule has 0 saturated carbocycles. The van der Waals surface area contributed by atoms with Gasteiger partial charge in [0.15, 0.2) is 18.2 Å². The standard InChI is InChI=1S/C15H20F2N2O2.ClH/c16-12-3-4-14(13(17)8-12)21-10-15(20)19-7-5-11-2-1-6-18-9-11;/h3-4,8,11,18H,1-2,5-7,9-10H2,(H,19,20);1H. The van der Waals surface area contributed by atoms with Gasteiger partial charge in [0.25, 0.3) is 5.91 Å². The minimum Gasteiger partial charge on any atom is -0.481 e. The number of hydrogen-bond acceptors (Lipinski definition) is 3. The third-order valence-corrected chi connectivity index (χ3v) is 3.53. The zero-order valence-electron chi connectivity index (χ0n) is 12.2. The van der Waals surface area contributed by atoms with Crippen LogP contribution in [-0.2, 0) is 4.79 Å². The molecule has 1 aliphatic rings. The lowest BCUT2D eigenvalue weighted by molar-refractivity contribution is -0.123. The third kappa shape index (κ3) is 6.15. The molecule has 1 aromatic carbocycles. The fraction of sp³-hybridized carbons (Fsp3) is 0.533. The van der Waals surface area contributed by atoms with Crippen LogP contribution in [0.5, 0.6) is 5.75 Å². The molecule has 1 amide bonds. The normalized spacial score (nSPS) is 17.5. The highest BCUT2D eigenvalue weighted by Gasteiger charge is 2.13. The molecule has 1 fully saturated rings. The van der Waals surface area contributed by atoms with E-state index in [2.05, 4.69) is 10.6 Å². The number of rotatable bonds is 6. The molecule has 124 valence electrons. The highest BCUT2D eigenvalue weighted by Crippen LogP contribution is 2.17. The molecule has 22 heavy (non-hydrogen) atoms. The second kappa shape index (κ2) is 9.58. The van der Waals surface area contributed by atoms with E-state index in [0.29, 0.717) is 12.5 Å². The summed E-state index contributed by atoms with van der Waals surface area (Å²) in [5.41, 5.74) is 0. The maximum Gasteiger partial charge on any atom is 0.257 e. The van der Waals surface area contributed by atoms with Crippen LogP contribution in [-0.4, -0.2) is 32.1 Å². The molecule has 0 aromatic heterocycles. The average Bonchev–Trinajstić information content (AvgIpc) is 2.47. The molecule has 0 bridgehead atoms. The molecular formula is C15H21ClF2N2O2.